The molecule has 28 heavy (non-hydrogen) atoms. The minimum atomic E-state index is -0.786. The normalized spacial score (nSPS) is 18.7. The zero-order valence-corrected chi connectivity index (χ0v) is 15.8. The molecule has 4 rings (SSSR count). The molecule has 2 aromatic rings. The van der Waals surface area contributed by atoms with Crippen LogP contribution in [0.4, 0.5) is 10.1 Å². The van der Waals surface area contributed by atoms with Crippen LogP contribution in [0.2, 0.25) is 5.15 Å². The molecule has 0 N–H and O–H groups in total. The van der Waals surface area contributed by atoms with E-state index in [0.717, 1.165) is 6.07 Å². The Labute approximate surface area is 165 Å². The predicted octanol–water partition coefficient (Wildman–Crippen LogP) is 1.89. The zero-order valence-electron chi connectivity index (χ0n) is 15.1. The van der Waals surface area contributed by atoms with Crippen molar-refractivity contribution in [3.8, 4) is 29.2 Å². The van der Waals surface area contributed by atoms with Gasteiger partial charge in [0.1, 0.15) is 16.7 Å². The lowest BCUT2D eigenvalue weighted by Crippen LogP contribution is -2.44. The Kier molecular flexibility index (Phi) is 4.65. The Morgan fingerprint density at radius 3 is 2.71 bits per heavy atom. The second kappa shape index (κ2) is 7.00. The number of rotatable bonds is 2. The molecule has 1 aromatic heterocycles. The van der Waals surface area contributed by atoms with E-state index < -0.39 is 17.5 Å². The lowest BCUT2D eigenvalue weighted by molar-refractivity contribution is -0.125. The number of carbonyl (C=O) groups excluding carboxylic acids is 1. The molecule has 0 bridgehead atoms. The summed E-state index contributed by atoms with van der Waals surface area (Å²) < 4.78 is 28.8. The standard InChI is InChI=1S/C19H17ClFN3O4/c1-3-4-22-14-9-12(13(21)10-15(14)28-11(2)18(22)25)16-17(20)23-5-7-27-8-6-24(23)19(16)26/h1,9-11H,4-8H2,2H3/t11-/m1/s1. The van der Waals surface area contributed by atoms with Crippen LogP contribution in [-0.4, -0.2) is 41.1 Å². The van der Waals surface area contributed by atoms with E-state index in [4.69, 9.17) is 27.5 Å². The van der Waals surface area contributed by atoms with Gasteiger partial charge in [-0.3, -0.25) is 19.2 Å². The number of amides is 1. The van der Waals surface area contributed by atoms with Crippen molar-refractivity contribution in [3.63, 3.8) is 0 Å². The van der Waals surface area contributed by atoms with E-state index in [-0.39, 0.29) is 34.5 Å². The predicted molar refractivity (Wildman–Crippen MR) is 101 cm³/mol. The van der Waals surface area contributed by atoms with Gasteiger partial charge in [0.2, 0.25) is 0 Å². The number of halogens is 2. The van der Waals surface area contributed by atoms with Crippen molar-refractivity contribution in [1.29, 1.82) is 0 Å². The van der Waals surface area contributed by atoms with Crippen LogP contribution in [0.25, 0.3) is 11.1 Å². The van der Waals surface area contributed by atoms with Gasteiger partial charge in [-0.1, -0.05) is 17.5 Å². The van der Waals surface area contributed by atoms with Crippen LogP contribution < -0.4 is 15.2 Å². The Morgan fingerprint density at radius 2 is 2.00 bits per heavy atom. The largest absolute Gasteiger partial charge is 0.479 e. The molecule has 3 heterocycles. The average Bonchev–Trinajstić information content (AvgIpc) is 2.84. The van der Waals surface area contributed by atoms with E-state index in [1.54, 1.807) is 11.6 Å². The van der Waals surface area contributed by atoms with Gasteiger partial charge >= 0.3 is 0 Å². The summed E-state index contributed by atoms with van der Waals surface area (Å²) >= 11 is 6.43. The molecule has 1 amide bonds. The van der Waals surface area contributed by atoms with Gasteiger partial charge in [0, 0.05) is 11.6 Å². The van der Waals surface area contributed by atoms with Gasteiger partial charge in [-0.05, 0) is 13.0 Å². The van der Waals surface area contributed by atoms with Gasteiger partial charge in [-0.15, -0.1) is 6.42 Å². The third-order valence-corrected chi connectivity index (χ3v) is 5.23. The quantitative estimate of drug-likeness (QED) is 0.716. The highest BCUT2D eigenvalue weighted by Gasteiger charge is 2.33. The maximum Gasteiger partial charge on any atom is 0.276 e. The maximum atomic E-state index is 14.9. The topological polar surface area (TPSA) is 65.7 Å². The Balaban J connectivity index is 1.91. The summed E-state index contributed by atoms with van der Waals surface area (Å²) in [4.78, 5) is 26.7. The summed E-state index contributed by atoms with van der Waals surface area (Å²) in [5.74, 6) is 1.60. The van der Waals surface area contributed by atoms with Crippen molar-refractivity contribution >= 4 is 23.2 Å². The van der Waals surface area contributed by atoms with Gasteiger partial charge in [0.15, 0.2) is 6.10 Å². The molecule has 2 aliphatic rings. The number of fused-ring (bicyclic) bond motifs is 2. The van der Waals surface area contributed by atoms with E-state index in [1.165, 1.54) is 15.6 Å². The van der Waals surface area contributed by atoms with Crippen LogP contribution in [0.3, 0.4) is 0 Å². The van der Waals surface area contributed by atoms with Crippen LogP contribution in [0, 0.1) is 18.2 Å². The third kappa shape index (κ3) is 2.79. The Morgan fingerprint density at radius 1 is 1.29 bits per heavy atom. The number of benzene rings is 1. The van der Waals surface area contributed by atoms with Crippen LogP contribution >= 0.6 is 11.6 Å². The first-order valence-corrected chi connectivity index (χ1v) is 9.14. The highest BCUT2D eigenvalue weighted by Crippen LogP contribution is 2.40. The Hall–Kier alpha value is -2.76. The van der Waals surface area contributed by atoms with Crippen molar-refractivity contribution in [2.24, 2.45) is 0 Å². The van der Waals surface area contributed by atoms with Gasteiger partial charge in [-0.2, -0.15) is 0 Å². The number of hydrogen-bond acceptors (Lipinski definition) is 4. The fraction of sp³-hybridized carbons (Fsp3) is 0.368. The van der Waals surface area contributed by atoms with E-state index in [1.807, 2.05) is 0 Å². The average molecular weight is 406 g/mol. The number of hydrogen-bond donors (Lipinski definition) is 0. The monoisotopic (exact) mass is 405 g/mol. The van der Waals surface area contributed by atoms with E-state index in [9.17, 15) is 14.0 Å². The number of carbonyl (C=O) groups is 1. The summed E-state index contributed by atoms with van der Waals surface area (Å²) in [6.45, 7) is 3.02. The molecule has 146 valence electrons. The fourth-order valence-electron chi connectivity index (χ4n) is 3.51. The summed E-state index contributed by atoms with van der Waals surface area (Å²) in [7, 11) is 0. The highest BCUT2D eigenvalue weighted by atomic mass is 35.5. The molecule has 0 saturated heterocycles. The van der Waals surface area contributed by atoms with Crippen molar-refractivity contribution < 1.29 is 18.7 Å². The number of anilines is 1. The van der Waals surface area contributed by atoms with Crippen LogP contribution in [0.1, 0.15) is 6.92 Å². The van der Waals surface area contributed by atoms with Gasteiger partial charge in [-0.25, -0.2) is 9.07 Å². The fourth-order valence-corrected chi connectivity index (χ4v) is 3.87. The molecule has 0 fully saturated rings. The first-order chi connectivity index (χ1) is 13.4. The summed E-state index contributed by atoms with van der Waals surface area (Å²) in [5.41, 5.74) is -0.0803. The van der Waals surface area contributed by atoms with Crippen LogP contribution in [0.5, 0.6) is 5.75 Å². The molecule has 0 spiro atoms. The molecule has 7 nitrogen and oxygen atoms in total. The molecule has 2 aliphatic heterocycles. The second-order valence-electron chi connectivity index (χ2n) is 6.52. The highest BCUT2D eigenvalue weighted by molar-refractivity contribution is 6.32. The molecular weight excluding hydrogens is 389 g/mol. The van der Waals surface area contributed by atoms with Crippen molar-refractivity contribution in [2.75, 3.05) is 24.7 Å². The minimum Gasteiger partial charge on any atom is -0.479 e. The van der Waals surface area contributed by atoms with Gasteiger partial charge in [0.25, 0.3) is 11.5 Å². The number of aromatic nitrogens is 2. The lowest BCUT2D eigenvalue weighted by Gasteiger charge is -2.32. The Bertz CT molecular complexity index is 1070. The molecule has 0 unspecified atom stereocenters. The minimum absolute atomic E-state index is 0.000913. The number of terminal acetylenes is 1. The molecule has 0 saturated carbocycles. The van der Waals surface area contributed by atoms with Crippen LogP contribution in [-0.2, 0) is 22.6 Å². The maximum absolute atomic E-state index is 14.9. The molecule has 1 atom stereocenters. The van der Waals surface area contributed by atoms with Crippen molar-refractivity contribution in [3.05, 3.63) is 33.5 Å². The smallest absolute Gasteiger partial charge is 0.276 e. The van der Waals surface area contributed by atoms with Crippen LogP contribution in [0.15, 0.2) is 16.9 Å². The van der Waals surface area contributed by atoms with E-state index in [2.05, 4.69) is 5.92 Å². The molecule has 1 aromatic carbocycles. The van der Waals surface area contributed by atoms with E-state index in [0.29, 0.717) is 32.0 Å². The second-order valence-corrected chi connectivity index (χ2v) is 6.88. The lowest BCUT2D eigenvalue weighted by atomic mass is 10.0. The first kappa shape index (κ1) is 18.6. The molecule has 0 radical (unpaired) electrons. The van der Waals surface area contributed by atoms with Crippen molar-refractivity contribution in [1.82, 2.24) is 9.36 Å². The third-order valence-electron chi connectivity index (χ3n) is 4.84. The first-order valence-electron chi connectivity index (χ1n) is 8.76. The van der Waals surface area contributed by atoms with Crippen molar-refractivity contribution in [2.45, 2.75) is 26.1 Å². The zero-order chi connectivity index (χ0) is 20.0. The number of nitrogens with zero attached hydrogens (tertiary/aromatic N) is 3. The molecule has 9 heteroatoms. The molecular formula is C19H17ClFN3O4. The summed E-state index contributed by atoms with van der Waals surface area (Å²) in [5, 5.41) is 0.120. The van der Waals surface area contributed by atoms with Gasteiger partial charge in [0.05, 0.1) is 44.1 Å². The summed E-state index contributed by atoms with van der Waals surface area (Å²) in [6.07, 6.45) is 4.60. The SMILES string of the molecule is C#CCN1C(=O)[C@@H](C)Oc2cc(F)c(-c3c(Cl)n4n(c3=O)CCOCC4)cc21. The summed E-state index contributed by atoms with van der Waals surface area (Å²) in [6, 6.07) is 2.55. The van der Waals surface area contributed by atoms with Gasteiger partial charge < -0.3 is 9.47 Å². The molecule has 0 aliphatic carbocycles. The van der Waals surface area contributed by atoms with E-state index >= 15 is 0 Å². The number of ether oxygens (including phenoxy) is 2.